The van der Waals surface area contributed by atoms with Gasteiger partial charge in [-0.05, 0) is 53.3 Å². The number of hydrogen-bond donors (Lipinski definition) is 1. The summed E-state index contributed by atoms with van der Waals surface area (Å²) in [7, 11) is -4.13. The van der Waals surface area contributed by atoms with E-state index in [0.717, 1.165) is 33.8 Å². The number of nitrogens with zero attached hydrogens (tertiary/aromatic N) is 2. The van der Waals surface area contributed by atoms with E-state index in [1.54, 1.807) is 30.3 Å². The SMILES string of the molecule is CCCCNC(=O)C(Cc1ccccc1)N(Cc1ccccc1)C(=O)CN(c1ccc(C(C)C)cc1)S(=O)(=O)c1ccccc1. The number of amides is 2. The fourth-order valence-corrected chi connectivity index (χ4v) is 6.55. The zero-order valence-electron chi connectivity index (χ0n) is 26.3. The van der Waals surface area contributed by atoms with Crippen molar-refractivity contribution in [3.63, 3.8) is 0 Å². The molecule has 0 fully saturated rings. The molecule has 0 bridgehead atoms. The molecule has 1 N–H and O–H groups in total. The minimum Gasteiger partial charge on any atom is -0.354 e. The Morgan fingerprint density at radius 1 is 0.756 bits per heavy atom. The molecule has 0 saturated carbocycles. The monoisotopic (exact) mass is 625 g/mol. The Bertz CT molecular complexity index is 1610. The fourth-order valence-electron chi connectivity index (χ4n) is 5.11. The maximum atomic E-state index is 14.5. The summed E-state index contributed by atoms with van der Waals surface area (Å²) >= 11 is 0. The quantitative estimate of drug-likeness (QED) is 0.152. The highest BCUT2D eigenvalue weighted by Crippen LogP contribution is 2.27. The van der Waals surface area contributed by atoms with Crippen LogP contribution < -0.4 is 9.62 Å². The van der Waals surface area contributed by atoms with Crippen molar-refractivity contribution in [3.8, 4) is 0 Å². The van der Waals surface area contributed by atoms with Crippen LogP contribution in [-0.2, 0) is 32.6 Å². The van der Waals surface area contributed by atoms with Crippen molar-refractivity contribution in [1.29, 1.82) is 0 Å². The van der Waals surface area contributed by atoms with Crippen molar-refractivity contribution in [1.82, 2.24) is 10.2 Å². The Kier molecular flexibility index (Phi) is 11.9. The van der Waals surface area contributed by atoms with Crippen molar-refractivity contribution >= 4 is 27.5 Å². The van der Waals surface area contributed by atoms with Gasteiger partial charge in [-0.15, -0.1) is 0 Å². The Balaban J connectivity index is 1.77. The Hall–Kier alpha value is -4.43. The van der Waals surface area contributed by atoms with Crippen LogP contribution in [0.4, 0.5) is 5.69 Å². The summed E-state index contributed by atoms with van der Waals surface area (Å²) in [6.45, 7) is 6.34. The molecule has 0 aliphatic carbocycles. The molecule has 0 aromatic heterocycles. The molecule has 2 amide bonds. The minimum atomic E-state index is -4.13. The van der Waals surface area contributed by atoms with Gasteiger partial charge in [0, 0.05) is 19.5 Å². The predicted molar refractivity (Wildman–Crippen MR) is 180 cm³/mol. The van der Waals surface area contributed by atoms with E-state index in [-0.39, 0.29) is 29.7 Å². The molecule has 0 heterocycles. The van der Waals surface area contributed by atoms with Crippen LogP contribution in [0.3, 0.4) is 0 Å². The van der Waals surface area contributed by atoms with E-state index in [1.807, 2.05) is 79.7 Å². The van der Waals surface area contributed by atoms with Gasteiger partial charge in [0.05, 0.1) is 10.6 Å². The Morgan fingerprint density at radius 2 is 1.31 bits per heavy atom. The van der Waals surface area contributed by atoms with Gasteiger partial charge in [-0.1, -0.05) is 118 Å². The van der Waals surface area contributed by atoms with Gasteiger partial charge in [-0.3, -0.25) is 13.9 Å². The lowest BCUT2D eigenvalue weighted by Gasteiger charge is -2.34. The van der Waals surface area contributed by atoms with Gasteiger partial charge >= 0.3 is 0 Å². The lowest BCUT2D eigenvalue weighted by Crippen LogP contribution is -2.53. The van der Waals surface area contributed by atoms with Crippen molar-refractivity contribution in [2.75, 3.05) is 17.4 Å². The van der Waals surface area contributed by atoms with Crippen molar-refractivity contribution < 1.29 is 18.0 Å². The molecule has 45 heavy (non-hydrogen) atoms. The van der Waals surface area contributed by atoms with E-state index in [4.69, 9.17) is 0 Å². The lowest BCUT2D eigenvalue weighted by molar-refractivity contribution is -0.140. The van der Waals surface area contributed by atoms with Crippen LogP contribution in [0.15, 0.2) is 120 Å². The number of sulfonamides is 1. The van der Waals surface area contributed by atoms with E-state index >= 15 is 0 Å². The highest BCUT2D eigenvalue weighted by atomic mass is 32.2. The molecule has 0 radical (unpaired) electrons. The van der Waals surface area contributed by atoms with Gasteiger partial charge in [0.15, 0.2) is 0 Å². The number of hydrogen-bond acceptors (Lipinski definition) is 4. The molecule has 8 heteroatoms. The Labute approximate surface area is 268 Å². The molecule has 0 spiro atoms. The maximum Gasteiger partial charge on any atom is 0.264 e. The Morgan fingerprint density at radius 3 is 1.87 bits per heavy atom. The van der Waals surface area contributed by atoms with Gasteiger partial charge in [-0.2, -0.15) is 0 Å². The standard InChI is InChI=1S/C37H43N3O4S/c1-4-5-25-38-37(42)35(26-30-15-9-6-10-16-30)39(27-31-17-11-7-12-18-31)36(41)28-40(33-23-21-32(22-24-33)29(2)3)45(43,44)34-19-13-8-14-20-34/h6-24,29,35H,4-5,25-28H2,1-3H3,(H,38,42). The van der Waals surface area contributed by atoms with Crippen LogP contribution in [-0.4, -0.2) is 44.3 Å². The fraction of sp³-hybridized carbons (Fsp3) is 0.297. The second-order valence-electron chi connectivity index (χ2n) is 11.4. The molecule has 0 aliphatic heterocycles. The second-order valence-corrected chi connectivity index (χ2v) is 13.3. The number of anilines is 1. The zero-order valence-corrected chi connectivity index (χ0v) is 27.1. The summed E-state index contributed by atoms with van der Waals surface area (Å²) in [6, 6.07) is 33.5. The molecule has 236 valence electrons. The average Bonchev–Trinajstić information content (AvgIpc) is 3.06. The van der Waals surface area contributed by atoms with Crippen LogP contribution in [0.2, 0.25) is 0 Å². The third kappa shape index (κ3) is 9.05. The van der Waals surface area contributed by atoms with Gasteiger partial charge < -0.3 is 10.2 Å². The van der Waals surface area contributed by atoms with E-state index in [2.05, 4.69) is 19.2 Å². The first-order valence-corrected chi connectivity index (χ1v) is 17.0. The first kappa shape index (κ1) is 33.5. The topological polar surface area (TPSA) is 86.8 Å². The summed E-state index contributed by atoms with van der Waals surface area (Å²) in [6.07, 6.45) is 2.01. The van der Waals surface area contributed by atoms with Gasteiger partial charge in [-0.25, -0.2) is 8.42 Å². The summed E-state index contributed by atoms with van der Waals surface area (Å²) in [5, 5.41) is 3.02. The molecule has 4 aromatic carbocycles. The summed E-state index contributed by atoms with van der Waals surface area (Å²) in [4.78, 5) is 29.9. The summed E-state index contributed by atoms with van der Waals surface area (Å²) in [5.41, 5.74) is 3.17. The smallest absolute Gasteiger partial charge is 0.264 e. The van der Waals surface area contributed by atoms with E-state index in [0.29, 0.717) is 12.2 Å². The van der Waals surface area contributed by atoms with Crippen molar-refractivity contribution in [2.45, 2.75) is 63.4 Å². The van der Waals surface area contributed by atoms with E-state index < -0.39 is 28.5 Å². The molecule has 0 aliphatic rings. The molecular formula is C37H43N3O4S. The first-order chi connectivity index (χ1) is 21.7. The van der Waals surface area contributed by atoms with Crippen LogP contribution in [0.1, 0.15) is 56.2 Å². The van der Waals surface area contributed by atoms with E-state index in [1.165, 1.54) is 17.0 Å². The summed E-state index contributed by atoms with van der Waals surface area (Å²) in [5.74, 6) is -0.487. The normalized spacial score (nSPS) is 12.0. The number of carbonyl (C=O) groups is 2. The molecule has 1 atom stereocenters. The number of carbonyl (C=O) groups excluding carboxylic acids is 2. The van der Waals surface area contributed by atoms with Crippen LogP contribution in [0.25, 0.3) is 0 Å². The molecular weight excluding hydrogens is 582 g/mol. The third-order valence-electron chi connectivity index (χ3n) is 7.75. The number of rotatable bonds is 15. The van der Waals surface area contributed by atoms with Gasteiger partial charge in [0.1, 0.15) is 12.6 Å². The molecule has 4 aromatic rings. The maximum absolute atomic E-state index is 14.5. The second kappa shape index (κ2) is 16.0. The lowest BCUT2D eigenvalue weighted by atomic mass is 10.0. The average molecular weight is 626 g/mol. The largest absolute Gasteiger partial charge is 0.354 e. The number of unbranched alkanes of at least 4 members (excludes halogenated alkanes) is 1. The van der Waals surface area contributed by atoms with Crippen molar-refractivity contribution in [2.24, 2.45) is 0 Å². The highest BCUT2D eigenvalue weighted by molar-refractivity contribution is 7.92. The molecule has 0 saturated heterocycles. The molecule has 4 rings (SSSR count). The zero-order chi connectivity index (χ0) is 32.2. The van der Waals surface area contributed by atoms with Gasteiger partial charge in [0.2, 0.25) is 11.8 Å². The minimum absolute atomic E-state index is 0.0819. The third-order valence-corrected chi connectivity index (χ3v) is 9.54. The highest BCUT2D eigenvalue weighted by Gasteiger charge is 2.34. The molecule has 7 nitrogen and oxygen atoms in total. The number of nitrogens with one attached hydrogen (secondary N) is 1. The van der Waals surface area contributed by atoms with Crippen LogP contribution in [0, 0.1) is 0 Å². The van der Waals surface area contributed by atoms with Crippen LogP contribution in [0.5, 0.6) is 0 Å². The van der Waals surface area contributed by atoms with Gasteiger partial charge in [0.25, 0.3) is 10.0 Å². The summed E-state index contributed by atoms with van der Waals surface area (Å²) < 4.78 is 29.4. The predicted octanol–water partition coefficient (Wildman–Crippen LogP) is 6.56. The van der Waals surface area contributed by atoms with Crippen molar-refractivity contribution in [3.05, 3.63) is 132 Å². The van der Waals surface area contributed by atoms with Crippen LogP contribution >= 0.6 is 0 Å². The number of benzene rings is 4. The molecule has 1 unspecified atom stereocenters. The first-order valence-electron chi connectivity index (χ1n) is 15.5. The van der Waals surface area contributed by atoms with E-state index in [9.17, 15) is 18.0 Å².